The number of aliphatic hydroxyl groups excluding tert-OH is 1. The smallest absolute Gasteiger partial charge is 0.227 e. The standard InChI is InChI=1S/C25H31N7O2/c1-25(16-33)15-28-23-19(25)12-17(14-27-23)20-6-7-26-24(29-20)30-21-5-4-18(13-22(21)34-3)32-10-8-31(2)9-11-32/h4-7,12-14,33H,8-11,15-16H2,1-3H3,(H,27,28)(H,26,29,30). The molecule has 0 saturated carbocycles. The highest BCUT2D eigenvalue weighted by atomic mass is 16.5. The van der Waals surface area contributed by atoms with Gasteiger partial charge in [-0.1, -0.05) is 6.92 Å². The molecule has 0 amide bonds. The molecule has 5 rings (SSSR count). The maximum absolute atomic E-state index is 9.89. The fourth-order valence-electron chi connectivity index (χ4n) is 4.47. The van der Waals surface area contributed by atoms with E-state index in [1.165, 1.54) is 0 Å². The van der Waals surface area contributed by atoms with Gasteiger partial charge in [-0.2, -0.15) is 0 Å². The summed E-state index contributed by atoms with van der Waals surface area (Å²) >= 11 is 0. The minimum absolute atomic E-state index is 0.0542. The van der Waals surface area contributed by atoms with E-state index < -0.39 is 0 Å². The van der Waals surface area contributed by atoms with Gasteiger partial charge in [0, 0.05) is 73.4 Å². The summed E-state index contributed by atoms with van der Waals surface area (Å²) in [7, 11) is 3.83. The van der Waals surface area contributed by atoms with Crippen molar-refractivity contribution in [3.05, 3.63) is 48.3 Å². The highest BCUT2D eigenvalue weighted by Gasteiger charge is 2.35. The Hall–Kier alpha value is -3.43. The molecule has 2 aliphatic heterocycles. The monoisotopic (exact) mass is 461 g/mol. The summed E-state index contributed by atoms with van der Waals surface area (Å²) in [6.07, 6.45) is 3.53. The summed E-state index contributed by atoms with van der Waals surface area (Å²) in [4.78, 5) is 18.4. The molecule has 1 unspecified atom stereocenters. The fraction of sp³-hybridized carbons (Fsp3) is 0.400. The number of ether oxygens (including phenoxy) is 1. The molecule has 2 aliphatic rings. The van der Waals surface area contributed by atoms with E-state index >= 15 is 0 Å². The molecule has 4 heterocycles. The van der Waals surface area contributed by atoms with Gasteiger partial charge in [-0.3, -0.25) is 0 Å². The Morgan fingerprint density at radius 3 is 2.74 bits per heavy atom. The predicted molar refractivity (Wildman–Crippen MR) is 134 cm³/mol. The first-order valence-electron chi connectivity index (χ1n) is 11.6. The minimum Gasteiger partial charge on any atom is -0.494 e. The Morgan fingerprint density at radius 2 is 1.97 bits per heavy atom. The second-order valence-electron chi connectivity index (χ2n) is 9.26. The van der Waals surface area contributed by atoms with Crippen molar-refractivity contribution in [2.75, 3.05) is 69.0 Å². The van der Waals surface area contributed by atoms with Crippen LogP contribution in [-0.4, -0.2) is 78.4 Å². The number of hydrogen-bond acceptors (Lipinski definition) is 9. The van der Waals surface area contributed by atoms with Gasteiger partial charge in [0.1, 0.15) is 11.6 Å². The average Bonchev–Trinajstić information content (AvgIpc) is 3.21. The number of hydrogen-bond donors (Lipinski definition) is 3. The summed E-state index contributed by atoms with van der Waals surface area (Å²) < 4.78 is 5.67. The lowest BCUT2D eigenvalue weighted by Crippen LogP contribution is -2.44. The number of likely N-dealkylation sites (N-methyl/N-ethyl adjacent to an activating group) is 1. The molecule has 34 heavy (non-hydrogen) atoms. The zero-order valence-electron chi connectivity index (χ0n) is 19.9. The van der Waals surface area contributed by atoms with Gasteiger partial charge in [-0.15, -0.1) is 0 Å². The van der Waals surface area contributed by atoms with Crippen molar-refractivity contribution >= 4 is 23.1 Å². The van der Waals surface area contributed by atoms with E-state index in [4.69, 9.17) is 9.72 Å². The SMILES string of the molecule is COc1cc(N2CCN(C)CC2)ccc1Nc1nccc(-c2cnc3c(c2)C(C)(CO)CN3)n1. The Morgan fingerprint density at radius 1 is 1.15 bits per heavy atom. The maximum atomic E-state index is 9.89. The molecule has 1 aromatic carbocycles. The molecule has 0 spiro atoms. The van der Waals surface area contributed by atoms with Crippen molar-refractivity contribution < 1.29 is 9.84 Å². The number of methoxy groups -OCH3 is 1. The number of rotatable bonds is 6. The van der Waals surface area contributed by atoms with E-state index in [1.54, 1.807) is 19.5 Å². The number of pyridine rings is 1. The van der Waals surface area contributed by atoms with Crippen LogP contribution in [0.3, 0.4) is 0 Å². The molecule has 0 radical (unpaired) electrons. The Bertz CT molecular complexity index is 1180. The van der Waals surface area contributed by atoms with E-state index in [2.05, 4.69) is 55.6 Å². The molecule has 0 aliphatic carbocycles. The van der Waals surface area contributed by atoms with Crippen molar-refractivity contribution in [2.24, 2.45) is 0 Å². The van der Waals surface area contributed by atoms with Gasteiger partial charge in [0.05, 0.1) is 25.1 Å². The number of nitrogens with one attached hydrogen (secondary N) is 2. The largest absolute Gasteiger partial charge is 0.494 e. The van der Waals surface area contributed by atoms with Gasteiger partial charge in [0.15, 0.2) is 0 Å². The topological polar surface area (TPSA) is 98.7 Å². The van der Waals surface area contributed by atoms with Crippen LogP contribution in [0.15, 0.2) is 42.7 Å². The summed E-state index contributed by atoms with van der Waals surface area (Å²) in [5.41, 5.74) is 4.24. The third-order valence-corrected chi connectivity index (χ3v) is 6.78. The van der Waals surface area contributed by atoms with Crippen LogP contribution >= 0.6 is 0 Å². The number of benzene rings is 1. The van der Waals surface area contributed by atoms with Gasteiger partial charge in [0.2, 0.25) is 5.95 Å². The van der Waals surface area contributed by atoms with Crippen molar-refractivity contribution in [1.29, 1.82) is 0 Å². The second kappa shape index (κ2) is 9.08. The second-order valence-corrected chi connectivity index (χ2v) is 9.26. The van der Waals surface area contributed by atoms with Gasteiger partial charge in [-0.05, 0) is 31.3 Å². The van der Waals surface area contributed by atoms with Gasteiger partial charge >= 0.3 is 0 Å². The number of aromatic nitrogens is 3. The Kier molecular flexibility index (Phi) is 5.97. The molecular weight excluding hydrogens is 430 g/mol. The van der Waals surface area contributed by atoms with Crippen molar-refractivity contribution in [3.63, 3.8) is 0 Å². The summed E-state index contributed by atoms with van der Waals surface area (Å²) in [6, 6.07) is 10.1. The van der Waals surface area contributed by atoms with Crippen LogP contribution in [0, 0.1) is 0 Å². The van der Waals surface area contributed by atoms with Crippen molar-refractivity contribution in [2.45, 2.75) is 12.3 Å². The van der Waals surface area contributed by atoms with Gasteiger partial charge < -0.3 is 30.3 Å². The molecule has 178 valence electrons. The minimum atomic E-state index is -0.356. The number of fused-ring (bicyclic) bond motifs is 1. The van der Waals surface area contributed by atoms with Crippen LogP contribution in [-0.2, 0) is 5.41 Å². The lowest BCUT2D eigenvalue weighted by atomic mass is 9.85. The van der Waals surface area contributed by atoms with E-state index in [0.717, 1.165) is 65.9 Å². The van der Waals surface area contributed by atoms with Gasteiger partial charge in [0.25, 0.3) is 0 Å². The Balaban J connectivity index is 1.38. The first kappa shape index (κ1) is 22.4. The molecule has 1 fully saturated rings. The number of piperazine rings is 1. The molecule has 3 N–H and O–H groups in total. The lowest BCUT2D eigenvalue weighted by molar-refractivity contribution is 0.218. The first-order chi connectivity index (χ1) is 16.5. The Labute approximate surface area is 199 Å². The van der Waals surface area contributed by atoms with E-state index in [1.807, 2.05) is 19.1 Å². The third kappa shape index (κ3) is 4.24. The van der Waals surface area contributed by atoms with E-state index in [-0.39, 0.29) is 12.0 Å². The number of anilines is 4. The molecule has 1 saturated heterocycles. The van der Waals surface area contributed by atoms with Crippen molar-refractivity contribution in [1.82, 2.24) is 19.9 Å². The zero-order chi connectivity index (χ0) is 23.7. The predicted octanol–water partition coefficient (Wildman–Crippen LogP) is 2.72. The van der Waals surface area contributed by atoms with Crippen LogP contribution in [0.4, 0.5) is 23.1 Å². The number of nitrogens with zero attached hydrogens (tertiary/aromatic N) is 5. The highest BCUT2D eigenvalue weighted by molar-refractivity contribution is 5.70. The van der Waals surface area contributed by atoms with E-state index in [9.17, 15) is 5.11 Å². The molecule has 3 aromatic rings. The van der Waals surface area contributed by atoms with Crippen molar-refractivity contribution in [3.8, 4) is 17.0 Å². The summed E-state index contributed by atoms with van der Waals surface area (Å²) in [6.45, 7) is 6.84. The van der Waals surface area contributed by atoms with Gasteiger partial charge in [-0.25, -0.2) is 15.0 Å². The quantitative estimate of drug-likeness (QED) is 0.512. The van der Waals surface area contributed by atoms with Crippen LogP contribution in [0.25, 0.3) is 11.3 Å². The normalized spacial score (nSPS) is 20.1. The number of aliphatic hydroxyl groups is 1. The molecule has 0 bridgehead atoms. The first-order valence-corrected chi connectivity index (χ1v) is 11.6. The summed E-state index contributed by atoms with van der Waals surface area (Å²) in [5, 5.41) is 16.5. The lowest BCUT2D eigenvalue weighted by Gasteiger charge is -2.34. The molecular formula is C25H31N7O2. The molecule has 9 nitrogen and oxygen atoms in total. The summed E-state index contributed by atoms with van der Waals surface area (Å²) in [5.74, 6) is 2.04. The van der Waals surface area contributed by atoms with Crippen LogP contribution < -0.4 is 20.3 Å². The van der Waals surface area contributed by atoms with Crippen LogP contribution in [0.5, 0.6) is 5.75 Å². The average molecular weight is 462 g/mol. The molecule has 9 heteroatoms. The van der Waals surface area contributed by atoms with Crippen LogP contribution in [0.2, 0.25) is 0 Å². The third-order valence-electron chi connectivity index (χ3n) is 6.78. The fourth-order valence-corrected chi connectivity index (χ4v) is 4.47. The highest BCUT2D eigenvalue weighted by Crippen LogP contribution is 2.37. The molecule has 2 aromatic heterocycles. The maximum Gasteiger partial charge on any atom is 0.227 e. The van der Waals surface area contributed by atoms with E-state index in [0.29, 0.717) is 12.5 Å². The molecule has 1 atom stereocenters. The zero-order valence-corrected chi connectivity index (χ0v) is 19.9. The van der Waals surface area contributed by atoms with Crippen LogP contribution in [0.1, 0.15) is 12.5 Å².